The number of amides is 3. The van der Waals surface area contributed by atoms with E-state index in [1.165, 1.54) is 4.90 Å². The predicted octanol–water partition coefficient (Wildman–Crippen LogP) is -0.446. The number of carbonyl (C=O) groups excluding carboxylic acids is 3. The first-order chi connectivity index (χ1) is 9.47. The quantitative estimate of drug-likeness (QED) is 0.512. The van der Waals surface area contributed by atoms with Crippen molar-refractivity contribution in [1.82, 2.24) is 10.2 Å². The summed E-state index contributed by atoms with van der Waals surface area (Å²) in [5.41, 5.74) is 6.70. The molecule has 1 aromatic carbocycles. The van der Waals surface area contributed by atoms with E-state index in [2.05, 4.69) is 10.6 Å². The second kappa shape index (κ2) is 5.70. The highest BCUT2D eigenvalue weighted by molar-refractivity contribution is 6.02. The van der Waals surface area contributed by atoms with Gasteiger partial charge in [0.15, 0.2) is 0 Å². The van der Waals surface area contributed by atoms with Crippen molar-refractivity contribution in [2.75, 3.05) is 24.1 Å². The Morgan fingerprint density at radius 3 is 2.85 bits per heavy atom. The molecular formula is C13H16N4O3. The number of nitrogens with zero attached hydrogens (tertiary/aromatic N) is 1. The van der Waals surface area contributed by atoms with Crippen LogP contribution in [0.1, 0.15) is 6.92 Å². The molecule has 0 saturated carbocycles. The van der Waals surface area contributed by atoms with E-state index in [0.29, 0.717) is 11.4 Å². The van der Waals surface area contributed by atoms with E-state index in [9.17, 15) is 14.4 Å². The molecule has 0 aliphatic carbocycles. The van der Waals surface area contributed by atoms with Crippen LogP contribution in [0.15, 0.2) is 24.3 Å². The molecule has 1 atom stereocenters. The number of carbonyl (C=O) groups is 3. The molecule has 0 spiro atoms. The number of rotatable bonds is 3. The first-order valence-electron chi connectivity index (χ1n) is 6.19. The molecule has 7 heteroatoms. The zero-order valence-corrected chi connectivity index (χ0v) is 11.1. The Morgan fingerprint density at radius 2 is 2.15 bits per heavy atom. The third-order valence-corrected chi connectivity index (χ3v) is 3.12. The second-order valence-electron chi connectivity index (χ2n) is 4.63. The standard InChI is InChI=1S/C13H16N4O3/c1-8-13(20)16-12(19)7-17(8)6-11(18)15-10-5-3-2-4-9(10)14/h2-5,8H,6-7,14H2,1H3,(H,15,18)(H,16,19,20). The van der Waals surface area contributed by atoms with Gasteiger partial charge in [-0.15, -0.1) is 0 Å². The molecule has 0 radical (unpaired) electrons. The number of anilines is 2. The summed E-state index contributed by atoms with van der Waals surface area (Å²) >= 11 is 0. The Balaban J connectivity index is 1.99. The molecule has 1 heterocycles. The molecule has 20 heavy (non-hydrogen) atoms. The third-order valence-electron chi connectivity index (χ3n) is 3.12. The van der Waals surface area contributed by atoms with Gasteiger partial charge in [0.1, 0.15) is 0 Å². The molecule has 1 aliphatic heterocycles. The predicted molar refractivity (Wildman–Crippen MR) is 73.7 cm³/mol. The van der Waals surface area contributed by atoms with E-state index in [1.54, 1.807) is 31.2 Å². The number of nitrogens with two attached hydrogens (primary N) is 1. The first kappa shape index (κ1) is 14.0. The molecule has 1 saturated heterocycles. The first-order valence-corrected chi connectivity index (χ1v) is 6.19. The van der Waals surface area contributed by atoms with Gasteiger partial charge in [-0.3, -0.25) is 24.6 Å². The molecule has 106 valence electrons. The lowest BCUT2D eigenvalue weighted by atomic mass is 10.2. The van der Waals surface area contributed by atoms with Gasteiger partial charge in [0, 0.05) is 0 Å². The van der Waals surface area contributed by atoms with Crippen molar-refractivity contribution in [2.45, 2.75) is 13.0 Å². The molecule has 1 unspecified atom stereocenters. The Morgan fingerprint density at radius 1 is 1.45 bits per heavy atom. The summed E-state index contributed by atoms with van der Waals surface area (Å²) < 4.78 is 0. The Hall–Kier alpha value is -2.41. The van der Waals surface area contributed by atoms with E-state index in [4.69, 9.17) is 5.73 Å². The van der Waals surface area contributed by atoms with Crippen molar-refractivity contribution in [3.63, 3.8) is 0 Å². The van der Waals surface area contributed by atoms with Crippen molar-refractivity contribution in [3.05, 3.63) is 24.3 Å². The normalized spacial score (nSPS) is 19.6. The summed E-state index contributed by atoms with van der Waals surface area (Å²) in [5, 5.41) is 4.88. The van der Waals surface area contributed by atoms with E-state index in [-0.39, 0.29) is 19.0 Å². The SMILES string of the molecule is CC1C(=O)NC(=O)CN1CC(=O)Nc1ccccc1N. The number of piperazine rings is 1. The minimum Gasteiger partial charge on any atom is -0.397 e. The largest absolute Gasteiger partial charge is 0.397 e. The highest BCUT2D eigenvalue weighted by Crippen LogP contribution is 2.16. The van der Waals surface area contributed by atoms with Crippen LogP contribution in [-0.4, -0.2) is 41.8 Å². The zero-order chi connectivity index (χ0) is 14.7. The molecule has 2 rings (SSSR count). The fraction of sp³-hybridized carbons (Fsp3) is 0.308. The summed E-state index contributed by atoms with van der Waals surface area (Å²) in [6.07, 6.45) is 0. The van der Waals surface area contributed by atoms with Crippen LogP contribution in [0.5, 0.6) is 0 Å². The summed E-state index contributed by atoms with van der Waals surface area (Å²) in [6.45, 7) is 1.62. The minimum absolute atomic E-state index is 0.0185. The number of hydrogen-bond acceptors (Lipinski definition) is 5. The van der Waals surface area contributed by atoms with Crippen LogP contribution in [0, 0.1) is 0 Å². The van der Waals surface area contributed by atoms with Gasteiger partial charge in [-0.05, 0) is 19.1 Å². The lowest BCUT2D eigenvalue weighted by Crippen LogP contribution is -2.58. The van der Waals surface area contributed by atoms with Gasteiger partial charge in [-0.1, -0.05) is 12.1 Å². The summed E-state index contributed by atoms with van der Waals surface area (Å²) in [6, 6.07) is 6.36. The number of nitrogen functional groups attached to an aromatic ring is 1. The second-order valence-corrected chi connectivity index (χ2v) is 4.63. The highest BCUT2D eigenvalue weighted by atomic mass is 16.2. The molecule has 0 aromatic heterocycles. The van der Waals surface area contributed by atoms with E-state index in [0.717, 1.165) is 0 Å². The average Bonchev–Trinajstić information content (AvgIpc) is 2.38. The van der Waals surface area contributed by atoms with Gasteiger partial charge in [0.2, 0.25) is 17.7 Å². The van der Waals surface area contributed by atoms with Crippen molar-refractivity contribution < 1.29 is 14.4 Å². The van der Waals surface area contributed by atoms with Gasteiger partial charge in [-0.2, -0.15) is 0 Å². The fourth-order valence-electron chi connectivity index (χ4n) is 1.95. The van der Waals surface area contributed by atoms with Crippen molar-refractivity contribution in [2.24, 2.45) is 0 Å². The van der Waals surface area contributed by atoms with Gasteiger partial charge in [0.05, 0.1) is 30.5 Å². The summed E-state index contributed by atoms with van der Waals surface area (Å²) in [4.78, 5) is 36.2. The smallest absolute Gasteiger partial charge is 0.243 e. The molecule has 1 aromatic rings. The number of benzene rings is 1. The minimum atomic E-state index is -0.522. The lowest BCUT2D eigenvalue weighted by molar-refractivity contribution is -0.140. The number of nitrogens with one attached hydrogen (secondary N) is 2. The molecule has 0 bridgehead atoms. The maximum atomic E-state index is 11.9. The monoisotopic (exact) mass is 276 g/mol. The van der Waals surface area contributed by atoms with Crippen LogP contribution in [0.4, 0.5) is 11.4 Å². The fourth-order valence-corrected chi connectivity index (χ4v) is 1.95. The Kier molecular flexibility index (Phi) is 3.99. The molecule has 1 fully saturated rings. The van der Waals surface area contributed by atoms with E-state index in [1.807, 2.05) is 0 Å². The van der Waals surface area contributed by atoms with Crippen LogP contribution < -0.4 is 16.4 Å². The lowest BCUT2D eigenvalue weighted by Gasteiger charge is -2.30. The summed E-state index contributed by atoms with van der Waals surface area (Å²) in [7, 11) is 0. The zero-order valence-electron chi connectivity index (χ0n) is 11.1. The van der Waals surface area contributed by atoms with Crippen LogP contribution in [-0.2, 0) is 14.4 Å². The third kappa shape index (κ3) is 3.12. The van der Waals surface area contributed by atoms with Crippen LogP contribution in [0.3, 0.4) is 0 Å². The molecule has 1 aliphatic rings. The van der Waals surface area contributed by atoms with Crippen LogP contribution in [0.2, 0.25) is 0 Å². The van der Waals surface area contributed by atoms with E-state index >= 15 is 0 Å². The molecule has 3 amide bonds. The van der Waals surface area contributed by atoms with Gasteiger partial charge >= 0.3 is 0 Å². The highest BCUT2D eigenvalue weighted by Gasteiger charge is 2.31. The molecular weight excluding hydrogens is 260 g/mol. The number of hydrogen-bond donors (Lipinski definition) is 3. The maximum absolute atomic E-state index is 11.9. The van der Waals surface area contributed by atoms with Gasteiger partial charge < -0.3 is 11.1 Å². The van der Waals surface area contributed by atoms with Gasteiger partial charge in [-0.25, -0.2) is 0 Å². The topological polar surface area (TPSA) is 105 Å². The van der Waals surface area contributed by atoms with Crippen molar-refractivity contribution >= 4 is 29.1 Å². The maximum Gasteiger partial charge on any atom is 0.243 e. The van der Waals surface area contributed by atoms with Crippen LogP contribution >= 0.6 is 0 Å². The van der Waals surface area contributed by atoms with Crippen LogP contribution in [0.25, 0.3) is 0 Å². The summed E-state index contributed by atoms with van der Waals surface area (Å²) in [5.74, 6) is -1.12. The number of imide groups is 1. The van der Waals surface area contributed by atoms with E-state index < -0.39 is 17.9 Å². The van der Waals surface area contributed by atoms with Crippen molar-refractivity contribution in [1.29, 1.82) is 0 Å². The molecule has 4 N–H and O–H groups in total. The molecule has 7 nitrogen and oxygen atoms in total. The van der Waals surface area contributed by atoms with Crippen molar-refractivity contribution in [3.8, 4) is 0 Å². The van der Waals surface area contributed by atoms with Gasteiger partial charge in [0.25, 0.3) is 0 Å². The Labute approximate surface area is 116 Å². The number of para-hydroxylation sites is 2. The average molecular weight is 276 g/mol. The Bertz CT molecular complexity index is 558.